The summed E-state index contributed by atoms with van der Waals surface area (Å²) in [6.45, 7) is 2.72. The number of nitrogens with one attached hydrogen (secondary N) is 2. The molecule has 1 saturated heterocycles. The van der Waals surface area contributed by atoms with Crippen molar-refractivity contribution in [3.8, 4) is 0 Å². The maximum atomic E-state index is 11.7. The predicted octanol–water partition coefficient (Wildman–Crippen LogP) is -1.47. The van der Waals surface area contributed by atoms with Gasteiger partial charge in [-0.2, -0.15) is 0 Å². The van der Waals surface area contributed by atoms with Crippen molar-refractivity contribution in [2.75, 3.05) is 13.1 Å². The number of amides is 1. The zero-order valence-electron chi connectivity index (χ0n) is 8.69. The van der Waals surface area contributed by atoms with Gasteiger partial charge in [-0.25, -0.2) is 13.1 Å². The van der Waals surface area contributed by atoms with Crippen LogP contribution < -0.4 is 15.8 Å². The summed E-state index contributed by atoms with van der Waals surface area (Å²) < 4.78 is 25.8. The number of carbonyl (C=O) groups is 1. The van der Waals surface area contributed by atoms with E-state index in [2.05, 4.69) is 10.0 Å². The summed E-state index contributed by atoms with van der Waals surface area (Å²) in [6, 6.07) is -0.850. The lowest BCUT2D eigenvalue weighted by molar-refractivity contribution is -0.119. The van der Waals surface area contributed by atoms with E-state index < -0.39 is 27.2 Å². The Labute approximate surface area is 89.6 Å². The Hall–Kier alpha value is -0.660. The van der Waals surface area contributed by atoms with Gasteiger partial charge in [0, 0.05) is 6.54 Å². The molecule has 2 unspecified atom stereocenters. The van der Waals surface area contributed by atoms with Gasteiger partial charge < -0.3 is 11.1 Å². The smallest absolute Gasteiger partial charge is 0.235 e. The van der Waals surface area contributed by atoms with Crippen LogP contribution in [0.2, 0.25) is 0 Å². The summed E-state index contributed by atoms with van der Waals surface area (Å²) in [7, 11) is -3.44. The Kier molecular flexibility index (Phi) is 4.06. The first-order valence-electron chi connectivity index (χ1n) is 4.94. The van der Waals surface area contributed by atoms with Gasteiger partial charge in [-0.05, 0) is 26.3 Å². The number of hydrogen-bond acceptors (Lipinski definition) is 4. The van der Waals surface area contributed by atoms with Gasteiger partial charge in [-0.3, -0.25) is 4.79 Å². The molecule has 1 heterocycles. The molecule has 1 aliphatic rings. The standard InChI is InChI=1S/C8H17N3O3S/c1-6(8(9)12)11-15(13,14)7-3-2-4-10-5-7/h6-7,10-11H,2-5H2,1H3,(H2,9,12). The first-order valence-corrected chi connectivity index (χ1v) is 6.49. The second-order valence-corrected chi connectivity index (χ2v) is 5.75. The molecule has 6 nitrogen and oxygen atoms in total. The van der Waals surface area contributed by atoms with Crippen molar-refractivity contribution in [3.63, 3.8) is 0 Å². The molecule has 1 fully saturated rings. The maximum absolute atomic E-state index is 11.7. The maximum Gasteiger partial charge on any atom is 0.235 e. The molecule has 0 radical (unpaired) electrons. The van der Waals surface area contributed by atoms with Gasteiger partial charge >= 0.3 is 0 Å². The summed E-state index contributed by atoms with van der Waals surface area (Å²) in [5, 5.41) is 2.54. The van der Waals surface area contributed by atoms with Crippen LogP contribution >= 0.6 is 0 Å². The highest BCUT2D eigenvalue weighted by molar-refractivity contribution is 7.90. The van der Waals surface area contributed by atoms with E-state index in [4.69, 9.17) is 5.73 Å². The fraction of sp³-hybridized carbons (Fsp3) is 0.875. The topological polar surface area (TPSA) is 101 Å². The van der Waals surface area contributed by atoms with Gasteiger partial charge in [0.15, 0.2) is 0 Å². The summed E-state index contributed by atoms with van der Waals surface area (Å²) >= 11 is 0. The molecular weight excluding hydrogens is 218 g/mol. The summed E-state index contributed by atoms with van der Waals surface area (Å²) in [4.78, 5) is 10.7. The lowest BCUT2D eigenvalue weighted by Crippen LogP contribution is -2.49. The van der Waals surface area contributed by atoms with Gasteiger partial charge in [0.05, 0.1) is 11.3 Å². The summed E-state index contributed by atoms with van der Waals surface area (Å²) in [5.41, 5.74) is 4.99. The number of rotatable bonds is 4. The predicted molar refractivity (Wildman–Crippen MR) is 56.6 cm³/mol. The fourth-order valence-corrected chi connectivity index (χ4v) is 3.10. The third-order valence-corrected chi connectivity index (χ3v) is 4.42. The van der Waals surface area contributed by atoms with E-state index >= 15 is 0 Å². The molecule has 2 atom stereocenters. The van der Waals surface area contributed by atoms with Crippen molar-refractivity contribution in [2.45, 2.75) is 31.1 Å². The first-order chi connectivity index (χ1) is 6.93. The third-order valence-electron chi connectivity index (χ3n) is 2.46. The monoisotopic (exact) mass is 235 g/mol. The molecular formula is C8H17N3O3S. The van der Waals surface area contributed by atoms with E-state index in [0.29, 0.717) is 13.0 Å². The van der Waals surface area contributed by atoms with Crippen molar-refractivity contribution in [1.82, 2.24) is 10.0 Å². The Morgan fingerprint density at radius 3 is 2.73 bits per heavy atom. The minimum Gasteiger partial charge on any atom is -0.368 e. The minimum atomic E-state index is -3.44. The van der Waals surface area contributed by atoms with Crippen LogP contribution in [0.1, 0.15) is 19.8 Å². The lowest BCUT2D eigenvalue weighted by atomic mass is 10.2. The third kappa shape index (κ3) is 3.44. The lowest BCUT2D eigenvalue weighted by Gasteiger charge is -2.24. The van der Waals surface area contributed by atoms with Gasteiger partial charge in [0.25, 0.3) is 0 Å². The van der Waals surface area contributed by atoms with Crippen LogP contribution in [0.5, 0.6) is 0 Å². The van der Waals surface area contributed by atoms with Gasteiger partial charge in [-0.15, -0.1) is 0 Å². The molecule has 1 rings (SSSR count). The van der Waals surface area contributed by atoms with E-state index in [0.717, 1.165) is 13.0 Å². The molecule has 15 heavy (non-hydrogen) atoms. The number of nitrogens with two attached hydrogens (primary N) is 1. The fourth-order valence-electron chi connectivity index (χ4n) is 1.49. The van der Waals surface area contributed by atoms with Crippen LogP contribution in [0.25, 0.3) is 0 Å². The zero-order chi connectivity index (χ0) is 11.5. The second kappa shape index (κ2) is 4.91. The first kappa shape index (κ1) is 12.4. The molecule has 7 heteroatoms. The molecule has 0 saturated carbocycles. The molecule has 0 aliphatic carbocycles. The number of carbonyl (C=O) groups excluding carboxylic acids is 1. The van der Waals surface area contributed by atoms with Crippen molar-refractivity contribution in [3.05, 3.63) is 0 Å². The second-order valence-electron chi connectivity index (χ2n) is 3.76. The summed E-state index contributed by atoms with van der Waals surface area (Å²) in [5.74, 6) is -0.664. The molecule has 0 aromatic carbocycles. The number of primary amides is 1. The Balaban J connectivity index is 2.61. The van der Waals surface area contributed by atoms with Crippen LogP contribution in [0.4, 0.5) is 0 Å². The largest absolute Gasteiger partial charge is 0.368 e. The number of hydrogen-bond donors (Lipinski definition) is 3. The molecule has 0 spiro atoms. The van der Waals surface area contributed by atoms with Crippen molar-refractivity contribution >= 4 is 15.9 Å². The van der Waals surface area contributed by atoms with Crippen LogP contribution in [-0.2, 0) is 14.8 Å². The van der Waals surface area contributed by atoms with Crippen molar-refractivity contribution < 1.29 is 13.2 Å². The SMILES string of the molecule is CC(NS(=O)(=O)C1CCCNC1)C(N)=O. The quantitative estimate of drug-likeness (QED) is 0.554. The molecule has 1 amide bonds. The van der Waals surface area contributed by atoms with E-state index in [1.165, 1.54) is 6.92 Å². The molecule has 0 aromatic heterocycles. The van der Waals surface area contributed by atoms with Crippen LogP contribution in [0, 0.1) is 0 Å². The van der Waals surface area contributed by atoms with E-state index in [1.807, 2.05) is 0 Å². The number of piperidine rings is 1. The van der Waals surface area contributed by atoms with Crippen LogP contribution in [-0.4, -0.2) is 38.7 Å². The molecule has 88 valence electrons. The van der Waals surface area contributed by atoms with E-state index in [-0.39, 0.29) is 0 Å². The minimum absolute atomic E-state index is 0.431. The van der Waals surface area contributed by atoms with Gasteiger partial charge in [0.2, 0.25) is 15.9 Å². The zero-order valence-corrected chi connectivity index (χ0v) is 9.51. The van der Waals surface area contributed by atoms with Gasteiger partial charge in [-0.1, -0.05) is 0 Å². The molecule has 0 aromatic rings. The van der Waals surface area contributed by atoms with Gasteiger partial charge in [0.1, 0.15) is 0 Å². The van der Waals surface area contributed by atoms with Crippen LogP contribution in [0.3, 0.4) is 0 Å². The Morgan fingerprint density at radius 2 is 2.27 bits per heavy atom. The number of sulfonamides is 1. The highest BCUT2D eigenvalue weighted by atomic mass is 32.2. The Bertz CT molecular complexity index is 322. The highest BCUT2D eigenvalue weighted by Gasteiger charge is 2.29. The average Bonchev–Trinajstić information content (AvgIpc) is 2.18. The van der Waals surface area contributed by atoms with Crippen molar-refractivity contribution in [1.29, 1.82) is 0 Å². The molecule has 4 N–H and O–H groups in total. The van der Waals surface area contributed by atoms with Crippen LogP contribution in [0.15, 0.2) is 0 Å². The highest BCUT2D eigenvalue weighted by Crippen LogP contribution is 2.10. The molecule has 1 aliphatic heterocycles. The van der Waals surface area contributed by atoms with E-state index in [1.54, 1.807) is 0 Å². The Morgan fingerprint density at radius 1 is 1.60 bits per heavy atom. The normalized spacial score (nSPS) is 24.7. The van der Waals surface area contributed by atoms with Crippen molar-refractivity contribution in [2.24, 2.45) is 5.73 Å². The molecule has 0 bridgehead atoms. The summed E-state index contributed by atoms with van der Waals surface area (Å²) in [6.07, 6.45) is 1.45. The average molecular weight is 235 g/mol. The van der Waals surface area contributed by atoms with E-state index in [9.17, 15) is 13.2 Å².